The molecule has 1 fully saturated rings. The standard InChI is InChI=1S/C23H30N2O4S/c1-18-10-11-21(17-20(18)3)30(27,28)25-14-12-24(13-15-25)23(26)9-6-16-29-22-8-5-4-7-19(22)2/h4-5,7-8,10-11,17H,6,9,12-16H2,1-3H3. The van der Waals surface area contributed by atoms with Gasteiger partial charge in [0.25, 0.3) is 0 Å². The molecule has 7 heteroatoms. The highest BCUT2D eigenvalue weighted by atomic mass is 32.2. The summed E-state index contributed by atoms with van der Waals surface area (Å²) in [5, 5.41) is 0. The largest absolute Gasteiger partial charge is 0.493 e. The molecule has 1 saturated heterocycles. The fourth-order valence-corrected chi connectivity index (χ4v) is 4.99. The molecule has 1 aliphatic rings. The molecule has 2 aromatic carbocycles. The van der Waals surface area contributed by atoms with E-state index < -0.39 is 10.0 Å². The van der Waals surface area contributed by atoms with Crippen LogP contribution in [0.1, 0.15) is 29.5 Å². The van der Waals surface area contributed by atoms with Crippen molar-refractivity contribution in [2.24, 2.45) is 0 Å². The van der Waals surface area contributed by atoms with Crippen LogP contribution in [0, 0.1) is 20.8 Å². The lowest BCUT2D eigenvalue weighted by molar-refractivity contribution is -0.132. The van der Waals surface area contributed by atoms with E-state index in [4.69, 9.17) is 4.74 Å². The molecule has 0 saturated carbocycles. The van der Waals surface area contributed by atoms with Crippen LogP contribution in [0.2, 0.25) is 0 Å². The van der Waals surface area contributed by atoms with E-state index in [9.17, 15) is 13.2 Å². The third-order valence-corrected chi connectivity index (χ3v) is 7.49. The number of ether oxygens (including phenoxy) is 1. The third-order valence-electron chi connectivity index (χ3n) is 5.59. The van der Waals surface area contributed by atoms with Crippen molar-refractivity contribution in [2.45, 2.75) is 38.5 Å². The molecule has 30 heavy (non-hydrogen) atoms. The van der Waals surface area contributed by atoms with Crippen molar-refractivity contribution < 1.29 is 17.9 Å². The van der Waals surface area contributed by atoms with Crippen LogP contribution in [-0.2, 0) is 14.8 Å². The predicted octanol–water partition coefficient (Wildman–Crippen LogP) is 3.30. The normalized spacial score (nSPS) is 15.2. The topological polar surface area (TPSA) is 66.9 Å². The summed E-state index contributed by atoms with van der Waals surface area (Å²) in [4.78, 5) is 14.6. The van der Waals surface area contributed by atoms with Crippen LogP contribution >= 0.6 is 0 Å². The molecule has 0 N–H and O–H groups in total. The highest BCUT2D eigenvalue weighted by Crippen LogP contribution is 2.21. The maximum Gasteiger partial charge on any atom is 0.243 e. The lowest BCUT2D eigenvalue weighted by atomic mass is 10.1. The fraction of sp³-hybridized carbons (Fsp3) is 0.435. The van der Waals surface area contributed by atoms with Gasteiger partial charge in [-0.25, -0.2) is 8.42 Å². The van der Waals surface area contributed by atoms with Gasteiger partial charge in [0.1, 0.15) is 5.75 Å². The number of nitrogens with zero attached hydrogens (tertiary/aromatic N) is 2. The molecule has 3 rings (SSSR count). The van der Waals surface area contributed by atoms with Gasteiger partial charge in [0, 0.05) is 32.6 Å². The maximum absolute atomic E-state index is 12.9. The van der Waals surface area contributed by atoms with Gasteiger partial charge in [-0.15, -0.1) is 0 Å². The van der Waals surface area contributed by atoms with Crippen LogP contribution in [0.3, 0.4) is 0 Å². The first-order chi connectivity index (χ1) is 14.3. The Balaban J connectivity index is 1.47. The number of rotatable bonds is 7. The third kappa shape index (κ3) is 5.21. The number of para-hydroxylation sites is 1. The molecule has 162 valence electrons. The van der Waals surface area contributed by atoms with E-state index in [2.05, 4.69) is 0 Å². The molecule has 0 spiro atoms. The first kappa shape index (κ1) is 22.3. The molecule has 0 unspecified atom stereocenters. The van der Waals surface area contributed by atoms with Gasteiger partial charge in [-0.2, -0.15) is 4.31 Å². The second kappa shape index (κ2) is 9.62. The molecule has 0 bridgehead atoms. The number of carbonyl (C=O) groups is 1. The summed E-state index contributed by atoms with van der Waals surface area (Å²) in [6.07, 6.45) is 1.03. The summed E-state index contributed by atoms with van der Waals surface area (Å²) >= 11 is 0. The number of benzene rings is 2. The van der Waals surface area contributed by atoms with Gasteiger partial charge in [0.05, 0.1) is 11.5 Å². The van der Waals surface area contributed by atoms with Gasteiger partial charge in [-0.05, 0) is 62.1 Å². The van der Waals surface area contributed by atoms with Crippen LogP contribution in [0.4, 0.5) is 0 Å². The second-order valence-electron chi connectivity index (χ2n) is 7.75. The highest BCUT2D eigenvalue weighted by Gasteiger charge is 2.30. The van der Waals surface area contributed by atoms with Gasteiger partial charge < -0.3 is 9.64 Å². The average molecular weight is 431 g/mol. The van der Waals surface area contributed by atoms with Crippen LogP contribution in [0.15, 0.2) is 47.4 Å². The molecule has 6 nitrogen and oxygen atoms in total. The molecule has 0 aromatic heterocycles. The molecular formula is C23H30N2O4S. The average Bonchev–Trinajstić information content (AvgIpc) is 2.74. The van der Waals surface area contributed by atoms with E-state index in [-0.39, 0.29) is 5.91 Å². The van der Waals surface area contributed by atoms with Crippen molar-refractivity contribution in [1.29, 1.82) is 0 Å². The Morgan fingerprint density at radius 1 is 0.933 bits per heavy atom. The molecule has 1 amide bonds. The number of aryl methyl sites for hydroxylation is 3. The van der Waals surface area contributed by atoms with Crippen LogP contribution < -0.4 is 4.74 Å². The first-order valence-corrected chi connectivity index (χ1v) is 11.8. The van der Waals surface area contributed by atoms with Crippen LogP contribution in [0.25, 0.3) is 0 Å². The number of carbonyl (C=O) groups excluding carboxylic acids is 1. The molecule has 1 aliphatic heterocycles. The predicted molar refractivity (Wildman–Crippen MR) is 117 cm³/mol. The Morgan fingerprint density at radius 2 is 1.63 bits per heavy atom. The Labute approximate surface area is 179 Å². The molecule has 0 radical (unpaired) electrons. The minimum absolute atomic E-state index is 0.0478. The van der Waals surface area contributed by atoms with E-state index in [0.29, 0.717) is 50.5 Å². The van der Waals surface area contributed by atoms with Gasteiger partial charge in [-0.1, -0.05) is 24.3 Å². The van der Waals surface area contributed by atoms with Gasteiger partial charge in [0.15, 0.2) is 0 Å². The zero-order valence-electron chi connectivity index (χ0n) is 17.9. The molecule has 1 heterocycles. The quantitative estimate of drug-likeness (QED) is 0.632. The van der Waals surface area contributed by atoms with Gasteiger partial charge >= 0.3 is 0 Å². The highest BCUT2D eigenvalue weighted by molar-refractivity contribution is 7.89. The summed E-state index contributed by atoms with van der Waals surface area (Å²) < 4.78 is 33.0. The van der Waals surface area contributed by atoms with E-state index in [1.807, 2.05) is 51.1 Å². The van der Waals surface area contributed by atoms with Crippen molar-refractivity contribution in [3.63, 3.8) is 0 Å². The molecule has 0 atom stereocenters. The van der Waals surface area contributed by atoms with E-state index in [1.165, 1.54) is 4.31 Å². The second-order valence-corrected chi connectivity index (χ2v) is 9.69. The van der Waals surface area contributed by atoms with E-state index in [0.717, 1.165) is 22.4 Å². The fourth-order valence-electron chi connectivity index (χ4n) is 3.48. The summed E-state index contributed by atoms with van der Waals surface area (Å²) in [6, 6.07) is 13.0. The maximum atomic E-state index is 12.9. The minimum Gasteiger partial charge on any atom is -0.493 e. The van der Waals surface area contributed by atoms with Crippen molar-refractivity contribution in [1.82, 2.24) is 9.21 Å². The number of piperazine rings is 1. The zero-order chi connectivity index (χ0) is 21.7. The summed E-state index contributed by atoms with van der Waals surface area (Å²) in [5.41, 5.74) is 3.10. The van der Waals surface area contributed by atoms with Crippen molar-refractivity contribution in [2.75, 3.05) is 32.8 Å². The summed E-state index contributed by atoms with van der Waals surface area (Å²) in [7, 11) is -3.53. The van der Waals surface area contributed by atoms with Crippen molar-refractivity contribution in [3.8, 4) is 5.75 Å². The lowest BCUT2D eigenvalue weighted by Crippen LogP contribution is -2.50. The SMILES string of the molecule is Cc1ccc(S(=O)(=O)N2CCN(C(=O)CCCOc3ccccc3C)CC2)cc1C. The Kier molecular flexibility index (Phi) is 7.15. The zero-order valence-corrected chi connectivity index (χ0v) is 18.7. The minimum atomic E-state index is -3.53. The molecule has 2 aromatic rings. The Bertz CT molecular complexity index is 996. The van der Waals surface area contributed by atoms with Gasteiger partial charge in [-0.3, -0.25) is 4.79 Å². The van der Waals surface area contributed by atoms with Crippen LogP contribution in [0.5, 0.6) is 5.75 Å². The Hall–Kier alpha value is -2.38. The smallest absolute Gasteiger partial charge is 0.243 e. The van der Waals surface area contributed by atoms with Crippen LogP contribution in [-0.4, -0.2) is 56.3 Å². The van der Waals surface area contributed by atoms with Gasteiger partial charge in [0.2, 0.25) is 15.9 Å². The number of hydrogen-bond acceptors (Lipinski definition) is 4. The lowest BCUT2D eigenvalue weighted by Gasteiger charge is -2.34. The van der Waals surface area contributed by atoms with Crippen molar-refractivity contribution >= 4 is 15.9 Å². The van der Waals surface area contributed by atoms with Crippen molar-refractivity contribution in [3.05, 3.63) is 59.2 Å². The number of sulfonamides is 1. The molecular weight excluding hydrogens is 400 g/mol. The summed E-state index contributed by atoms with van der Waals surface area (Å²) in [5.74, 6) is 0.890. The number of amides is 1. The monoisotopic (exact) mass is 430 g/mol. The Morgan fingerprint density at radius 3 is 2.30 bits per heavy atom. The number of hydrogen-bond donors (Lipinski definition) is 0. The first-order valence-electron chi connectivity index (χ1n) is 10.3. The van der Waals surface area contributed by atoms with E-state index >= 15 is 0 Å². The summed E-state index contributed by atoms with van der Waals surface area (Å²) in [6.45, 7) is 7.82. The van der Waals surface area contributed by atoms with E-state index in [1.54, 1.807) is 17.0 Å². The molecule has 0 aliphatic carbocycles.